The minimum atomic E-state index is -0.978. The number of aromatic nitrogens is 2. The minimum absolute atomic E-state index is 0.135. The van der Waals surface area contributed by atoms with E-state index in [1.165, 1.54) is 11.1 Å². The first-order valence-corrected chi connectivity index (χ1v) is 7.40. The molecule has 23 heavy (non-hydrogen) atoms. The lowest BCUT2D eigenvalue weighted by Crippen LogP contribution is -2.46. The van der Waals surface area contributed by atoms with Crippen LogP contribution in [0.1, 0.15) is 19.3 Å². The van der Waals surface area contributed by atoms with Crippen molar-refractivity contribution < 1.29 is 18.7 Å². The second-order valence-electron chi connectivity index (χ2n) is 5.52. The van der Waals surface area contributed by atoms with Crippen molar-refractivity contribution in [2.45, 2.75) is 25.3 Å². The van der Waals surface area contributed by atoms with Crippen LogP contribution in [0.4, 0.5) is 19.4 Å². The summed E-state index contributed by atoms with van der Waals surface area (Å²) in [4.78, 5) is 20.9. The van der Waals surface area contributed by atoms with Crippen molar-refractivity contribution in [3.63, 3.8) is 0 Å². The second kappa shape index (κ2) is 6.31. The maximum Gasteiger partial charge on any atom is 0.407 e. The number of fused-ring (bicyclic) bond motifs is 1. The molecule has 1 atom stereocenters. The molecule has 1 amide bonds. The van der Waals surface area contributed by atoms with Crippen molar-refractivity contribution in [2.75, 3.05) is 18.4 Å². The van der Waals surface area contributed by atoms with E-state index in [0.717, 1.165) is 31.4 Å². The highest BCUT2D eigenvalue weighted by Crippen LogP contribution is 2.19. The molecule has 0 radical (unpaired) electrons. The third-order valence-corrected chi connectivity index (χ3v) is 3.98. The van der Waals surface area contributed by atoms with Crippen molar-refractivity contribution in [3.8, 4) is 0 Å². The molecule has 1 saturated heterocycles. The number of benzene rings is 1. The van der Waals surface area contributed by atoms with Crippen LogP contribution in [0.5, 0.6) is 0 Å². The highest BCUT2D eigenvalue weighted by atomic mass is 19.2. The topological polar surface area (TPSA) is 78.4 Å². The van der Waals surface area contributed by atoms with Crippen LogP contribution in [0.2, 0.25) is 0 Å². The molecule has 2 N–H and O–H groups in total. The number of rotatable bonds is 3. The summed E-state index contributed by atoms with van der Waals surface area (Å²) >= 11 is 0. The van der Waals surface area contributed by atoms with E-state index >= 15 is 0 Å². The van der Waals surface area contributed by atoms with E-state index in [0.29, 0.717) is 18.9 Å². The summed E-state index contributed by atoms with van der Waals surface area (Å²) in [5.41, 5.74) is 0.506. The van der Waals surface area contributed by atoms with Crippen molar-refractivity contribution in [1.29, 1.82) is 0 Å². The van der Waals surface area contributed by atoms with E-state index in [9.17, 15) is 18.7 Å². The maximum absolute atomic E-state index is 13.3. The van der Waals surface area contributed by atoms with Gasteiger partial charge in [0.15, 0.2) is 11.6 Å². The van der Waals surface area contributed by atoms with Gasteiger partial charge in [-0.1, -0.05) is 0 Å². The van der Waals surface area contributed by atoms with E-state index < -0.39 is 17.7 Å². The molecule has 1 aliphatic heterocycles. The van der Waals surface area contributed by atoms with Gasteiger partial charge < -0.3 is 15.3 Å². The van der Waals surface area contributed by atoms with Gasteiger partial charge in [-0.25, -0.2) is 18.6 Å². The third-order valence-electron chi connectivity index (χ3n) is 3.98. The fourth-order valence-corrected chi connectivity index (χ4v) is 2.78. The molecule has 1 aromatic heterocycles. The molecule has 122 valence electrons. The van der Waals surface area contributed by atoms with Gasteiger partial charge in [0, 0.05) is 25.2 Å². The Hall–Kier alpha value is -2.51. The number of anilines is 1. The molecule has 2 aromatic rings. The lowest BCUT2D eigenvalue weighted by atomic mass is 10.0. The lowest BCUT2D eigenvalue weighted by Gasteiger charge is -2.33. The smallest absolute Gasteiger partial charge is 0.407 e. The SMILES string of the molecule is O=C(O)N1CCCCC1CNc1cnc2cc(F)c(F)cc2n1. The quantitative estimate of drug-likeness (QED) is 0.908. The van der Waals surface area contributed by atoms with E-state index in [1.54, 1.807) is 0 Å². The first-order chi connectivity index (χ1) is 11.0. The summed E-state index contributed by atoms with van der Waals surface area (Å²) in [6, 6.07) is 1.85. The number of nitrogens with zero attached hydrogens (tertiary/aromatic N) is 3. The lowest BCUT2D eigenvalue weighted by molar-refractivity contribution is 0.110. The fourth-order valence-electron chi connectivity index (χ4n) is 2.78. The standard InChI is InChI=1S/C15H16F2N4O2/c16-10-5-12-13(6-11(10)17)20-14(8-18-12)19-7-9-3-1-2-4-21(9)15(22)23/h5-6,8-9H,1-4,7H2,(H,19,20)(H,22,23). The van der Waals surface area contributed by atoms with Gasteiger partial charge in [0.25, 0.3) is 0 Å². The summed E-state index contributed by atoms with van der Waals surface area (Å²) in [7, 11) is 0. The van der Waals surface area contributed by atoms with Crippen LogP contribution in [0.3, 0.4) is 0 Å². The predicted molar refractivity (Wildman–Crippen MR) is 80.3 cm³/mol. The van der Waals surface area contributed by atoms with Gasteiger partial charge in [-0.3, -0.25) is 4.98 Å². The van der Waals surface area contributed by atoms with E-state index in [2.05, 4.69) is 15.3 Å². The number of carboxylic acid groups (broad SMARTS) is 1. The molecule has 1 aliphatic rings. The van der Waals surface area contributed by atoms with E-state index in [1.807, 2.05) is 0 Å². The average Bonchev–Trinajstić information content (AvgIpc) is 2.54. The number of halogens is 2. The molecule has 1 aromatic carbocycles. The molecule has 1 unspecified atom stereocenters. The third kappa shape index (κ3) is 3.30. The zero-order valence-electron chi connectivity index (χ0n) is 12.3. The number of piperidine rings is 1. The van der Waals surface area contributed by atoms with Crippen LogP contribution >= 0.6 is 0 Å². The van der Waals surface area contributed by atoms with Gasteiger partial charge in [0.2, 0.25) is 0 Å². The molecule has 3 rings (SSSR count). The Morgan fingerprint density at radius 2 is 2.04 bits per heavy atom. The Kier molecular flexibility index (Phi) is 4.22. The van der Waals surface area contributed by atoms with Gasteiger partial charge in [-0.15, -0.1) is 0 Å². The summed E-state index contributed by atoms with van der Waals surface area (Å²) in [5.74, 6) is -1.54. The first kappa shape index (κ1) is 15.4. The monoisotopic (exact) mass is 322 g/mol. The van der Waals surface area contributed by atoms with E-state index in [-0.39, 0.29) is 17.1 Å². The highest BCUT2D eigenvalue weighted by Gasteiger charge is 2.26. The summed E-state index contributed by atoms with van der Waals surface area (Å²) in [6.45, 7) is 0.922. The fraction of sp³-hybridized carbons (Fsp3) is 0.400. The Bertz CT molecular complexity index is 741. The zero-order chi connectivity index (χ0) is 16.4. The van der Waals surface area contributed by atoms with Crippen LogP contribution in [-0.4, -0.2) is 45.2 Å². The summed E-state index contributed by atoms with van der Waals surface area (Å²) < 4.78 is 26.4. The molecule has 0 bridgehead atoms. The van der Waals surface area contributed by atoms with Crippen LogP contribution in [0.15, 0.2) is 18.3 Å². The molecule has 0 aliphatic carbocycles. The van der Waals surface area contributed by atoms with E-state index in [4.69, 9.17) is 0 Å². The Balaban J connectivity index is 1.73. The van der Waals surface area contributed by atoms with Gasteiger partial charge in [-0.05, 0) is 19.3 Å². The molecular weight excluding hydrogens is 306 g/mol. The Morgan fingerprint density at radius 3 is 2.78 bits per heavy atom. The summed E-state index contributed by atoms with van der Waals surface area (Å²) in [6.07, 6.45) is 3.11. The number of hydrogen-bond donors (Lipinski definition) is 2. The van der Waals surface area contributed by atoms with Crippen molar-refractivity contribution in [3.05, 3.63) is 30.0 Å². The number of nitrogens with one attached hydrogen (secondary N) is 1. The average molecular weight is 322 g/mol. The molecule has 8 heteroatoms. The molecule has 1 fully saturated rings. The van der Waals surface area contributed by atoms with Crippen molar-refractivity contribution in [2.24, 2.45) is 0 Å². The molecule has 0 saturated carbocycles. The van der Waals surface area contributed by atoms with Crippen LogP contribution < -0.4 is 5.32 Å². The predicted octanol–water partition coefficient (Wildman–Crippen LogP) is 2.85. The second-order valence-corrected chi connectivity index (χ2v) is 5.52. The Labute approximate surface area is 131 Å². The van der Waals surface area contributed by atoms with Crippen molar-refractivity contribution in [1.82, 2.24) is 14.9 Å². The van der Waals surface area contributed by atoms with Crippen molar-refractivity contribution >= 4 is 22.9 Å². The van der Waals surface area contributed by atoms with Crippen LogP contribution in [-0.2, 0) is 0 Å². The summed E-state index contributed by atoms with van der Waals surface area (Å²) in [5, 5.41) is 12.2. The number of hydrogen-bond acceptors (Lipinski definition) is 4. The number of amides is 1. The first-order valence-electron chi connectivity index (χ1n) is 7.40. The molecule has 0 spiro atoms. The number of likely N-dealkylation sites (tertiary alicyclic amines) is 1. The zero-order valence-corrected chi connectivity index (χ0v) is 12.3. The number of carbonyl (C=O) groups is 1. The van der Waals surface area contributed by atoms with Crippen LogP contribution in [0, 0.1) is 11.6 Å². The Morgan fingerprint density at radius 1 is 1.30 bits per heavy atom. The van der Waals surface area contributed by atoms with Gasteiger partial charge >= 0.3 is 6.09 Å². The molecule has 6 nitrogen and oxygen atoms in total. The van der Waals surface area contributed by atoms with Gasteiger partial charge in [0.1, 0.15) is 5.82 Å². The van der Waals surface area contributed by atoms with Gasteiger partial charge in [0.05, 0.1) is 23.3 Å². The molecular formula is C15H16F2N4O2. The van der Waals surface area contributed by atoms with Gasteiger partial charge in [-0.2, -0.15) is 0 Å². The normalized spacial score (nSPS) is 18.2. The largest absolute Gasteiger partial charge is 0.465 e. The maximum atomic E-state index is 13.3. The molecule has 2 heterocycles. The minimum Gasteiger partial charge on any atom is -0.465 e. The van der Waals surface area contributed by atoms with Crippen LogP contribution in [0.25, 0.3) is 11.0 Å². The highest BCUT2D eigenvalue weighted by molar-refractivity contribution is 5.75.